The molecule has 1 aliphatic carbocycles. The van der Waals surface area contributed by atoms with Crippen LogP contribution in [0.25, 0.3) is 0 Å². The molecule has 1 heterocycles. The second-order valence-corrected chi connectivity index (χ2v) is 4.49. The van der Waals surface area contributed by atoms with Gasteiger partial charge in [-0.3, -0.25) is 9.59 Å². The molecule has 1 saturated carbocycles. The van der Waals surface area contributed by atoms with E-state index in [-0.39, 0.29) is 17.6 Å². The van der Waals surface area contributed by atoms with E-state index in [1.807, 2.05) is 0 Å². The number of hydrogen-bond donors (Lipinski definition) is 0. The lowest BCUT2D eigenvalue weighted by Gasteiger charge is -2.24. The third-order valence-electron chi connectivity index (χ3n) is 3.73. The van der Waals surface area contributed by atoms with E-state index in [4.69, 9.17) is 5.26 Å². The molecule has 2 fully saturated rings. The maximum atomic E-state index is 12.0. The lowest BCUT2D eigenvalue weighted by atomic mass is 9.74. The summed E-state index contributed by atoms with van der Waals surface area (Å²) in [6.45, 7) is 0.554. The number of carbonyl (C=O) groups is 2. The number of rotatable bonds is 1. The van der Waals surface area contributed by atoms with E-state index < -0.39 is 5.41 Å². The summed E-state index contributed by atoms with van der Waals surface area (Å²) in [5, 5.41) is 8.74. The Morgan fingerprint density at radius 2 is 2.33 bits per heavy atom. The van der Waals surface area contributed by atoms with Crippen LogP contribution in [-0.4, -0.2) is 30.2 Å². The Hall–Kier alpha value is -1.37. The molecule has 1 saturated heterocycles. The van der Waals surface area contributed by atoms with Crippen LogP contribution in [0, 0.1) is 22.7 Å². The lowest BCUT2D eigenvalue weighted by Crippen LogP contribution is -2.39. The van der Waals surface area contributed by atoms with E-state index in [0.717, 1.165) is 6.42 Å². The van der Waals surface area contributed by atoms with Crippen LogP contribution in [0.4, 0.5) is 0 Å². The molecule has 2 atom stereocenters. The first-order valence-corrected chi connectivity index (χ1v) is 5.28. The van der Waals surface area contributed by atoms with Crippen LogP contribution in [0.1, 0.15) is 25.7 Å². The Kier molecular flexibility index (Phi) is 2.26. The van der Waals surface area contributed by atoms with E-state index in [9.17, 15) is 9.59 Å². The van der Waals surface area contributed by atoms with Crippen LogP contribution in [0.2, 0.25) is 0 Å². The molecular weight excluding hydrogens is 192 g/mol. The zero-order chi connectivity index (χ0) is 11.1. The van der Waals surface area contributed by atoms with Crippen molar-refractivity contribution >= 4 is 11.7 Å². The molecule has 4 heteroatoms. The topological polar surface area (TPSA) is 61.2 Å². The Morgan fingerprint density at radius 1 is 1.60 bits per heavy atom. The first-order valence-electron chi connectivity index (χ1n) is 5.28. The summed E-state index contributed by atoms with van der Waals surface area (Å²) in [6.07, 6.45) is 2.24. The van der Waals surface area contributed by atoms with Crippen molar-refractivity contribution in [3.63, 3.8) is 0 Å². The maximum Gasteiger partial charge on any atom is 0.236 e. The fraction of sp³-hybridized carbons (Fsp3) is 0.727. The molecule has 2 unspecified atom stereocenters. The molecule has 80 valence electrons. The summed E-state index contributed by atoms with van der Waals surface area (Å²) in [5.74, 6) is -0.0997. The van der Waals surface area contributed by atoms with Gasteiger partial charge in [0.2, 0.25) is 5.91 Å². The van der Waals surface area contributed by atoms with E-state index in [1.54, 1.807) is 11.9 Å². The molecule has 15 heavy (non-hydrogen) atoms. The fourth-order valence-corrected chi connectivity index (χ4v) is 2.98. The monoisotopic (exact) mass is 206 g/mol. The van der Waals surface area contributed by atoms with Crippen molar-refractivity contribution in [1.82, 2.24) is 4.90 Å². The van der Waals surface area contributed by atoms with Crippen molar-refractivity contribution in [2.45, 2.75) is 25.7 Å². The third kappa shape index (κ3) is 1.19. The SMILES string of the molecule is CN1CC(CC#N)C2(CCCC2=O)C1=O. The molecule has 1 amide bonds. The number of Topliss-reactive ketones (excluding diaryl/α,β-unsaturated/α-hetero) is 1. The van der Waals surface area contributed by atoms with Gasteiger partial charge in [-0.2, -0.15) is 5.26 Å². The van der Waals surface area contributed by atoms with Crippen LogP contribution in [-0.2, 0) is 9.59 Å². The molecule has 0 N–H and O–H groups in total. The van der Waals surface area contributed by atoms with E-state index in [1.165, 1.54) is 0 Å². The summed E-state index contributed by atoms with van der Waals surface area (Å²) in [7, 11) is 1.72. The first-order chi connectivity index (χ1) is 7.13. The lowest BCUT2D eigenvalue weighted by molar-refractivity contribution is -0.142. The number of carbonyl (C=O) groups excluding carboxylic acids is 2. The van der Waals surface area contributed by atoms with Crippen LogP contribution < -0.4 is 0 Å². The number of ketones is 1. The van der Waals surface area contributed by atoms with Gasteiger partial charge in [-0.1, -0.05) is 0 Å². The summed E-state index contributed by atoms with van der Waals surface area (Å²) in [4.78, 5) is 25.5. The molecule has 2 aliphatic rings. The second-order valence-electron chi connectivity index (χ2n) is 4.49. The smallest absolute Gasteiger partial charge is 0.236 e. The third-order valence-corrected chi connectivity index (χ3v) is 3.73. The zero-order valence-electron chi connectivity index (χ0n) is 8.82. The first kappa shape index (κ1) is 10.2. The zero-order valence-corrected chi connectivity index (χ0v) is 8.82. The molecule has 1 aliphatic heterocycles. The molecule has 2 rings (SSSR count). The van der Waals surface area contributed by atoms with Crippen LogP contribution in [0.15, 0.2) is 0 Å². The largest absolute Gasteiger partial charge is 0.345 e. The summed E-state index contributed by atoms with van der Waals surface area (Å²) < 4.78 is 0. The van der Waals surface area contributed by atoms with Crippen LogP contribution in [0.3, 0.4) is 0 Å². The highest BCUT2D eigenvalue weighted by Gasteiger charge is 2.59. The maximum absolute atomic E-state index is 12.0. The predicted octanol–water partition coefficient (Wildman–Crippen LogP) is 0.728. The fourth-order valence-electron chi connectivity index (χ4n) is 2.98. The van der Waals surface area contributed by atoms with Gasteiger partial charge >= 0.3 is 0 Å². The minimum atomic E-state index is -0.829. The van der Waals surface area contributed by atoms with Gasteiger partial charge in [-0.15, -0.1) is 0 Å². The van der Waals surface area contributed by atoms with E-state index in [2.05, 4.69) is 6.07 Å². The highest BCUT2D eigenvalue weighted by Crippen LogP contribution is 2.48. The van der Waals surface area contributed by atoms with Gasteiger partial charge in [0.05, 0.1) is 6.07 Å². The Balaban J connectivity index is 2.37. The van der Waals surface area contributed by atoms with Crippen LogP contribution in [0.5, 0.6) is 0 Å². The Bertz CT molecular complexity index is 358. The molecule has 0 bridgehead atoms. The number of amides is 1. The molecule has 0 aromatic heterocycles. The quantitative estimate of drug-likeness (QED) is 0.594. The van der Waals surface area contributed by atoms with Gasteiger partial charge in [-0.05, 0) is 12.8 Å². The molecule has 0 aromatic carbocycles. The number of nitriles is 1. The van der Waals surface area contributed by atoms with Crippen molar-refractivity contribution in [3.05, 3.63) is 0 Å². The summed E-state index contributed by atoms with van der Waals surface area (Å²) in [5.41, 5.74) is -0.829. The molecular formula is C11H14N2O2. The predicted molar refractivity (Wildman–Crippen MR) is 52.6 cm³/mol. The normalized spacial score (nSPS) is 35.2. The van der Waals surface area contributed by atoms with E-state index >= 15 is 0 Å². The molecule has 4 nitrogen and oxygen atoms in total. The summed E-state index contributed by atoms with van der Waals surface area (Å²) in [6, 6.07) is 2.09. The van der Waals surface area contributed by atoms with Crippen molar-refractivity contribution < 1.29 is 9.59 Å². The second kappa shape index (κ2) is 3.34. The van der Waals surface area contributed by atoms with Crippen molar-refractivity contribution in [2.75, 3.05) is 13.6 Å². The molecule has 0 aromatic rings. The van der Waals surface area contributed by atoms with Gasteiger partial charge in [-0.25, -0.2) is 0 Å². The van der Waals surface area contributed by atoms with Gasteiger partial charge < -0.3 is 4.90 Å². The highest BCUT2D eigenvalue weighted by atomic mass is 16.2. The van der Waals surface area contributed by atoms with Crippen molar-refractivity contribution in [2.24, 2.45) is 11.3 Å². The van der Waals surface area contributed by atoms with Gasteiger partial charge in [0, 0.05) is 32.4 Å². The van der Waals surface area contributed by atoms with Crippen LogP contribution >= 0.6 is 0 Å². The molecule has 0 radical (unpaired) electrons. The standard InChI is InChI=1S/C11H14N2O2/c1-13-7-8(4-6-12)11(10(13)15)5-2-3-9(11)14/h8H,2-5,7H2,1H3. The number of nitrogens with zero attached hydrogens (tertiary/aromatic N) is 2. The highest BCUT2D eigenvalue weighted by molar-refractivity contribution is 6.09. The van der Waals surface area contributed by atoms with E-state index in [0.29, 0.717) is 25.8 Å². The van der Waals surface area contributed by atoms with Crippen molar-refractivity contribution in [1.29, 1.82) is 5.26 Å². The minimum absolute atomic E-state index is 0.0529. The van der Waals surface area contributed by atoms with Gasteiger partial charge in [0.1, 0.15) is 11.2 Å². The summed E-state index contributed by atoms with van der Waals surface area (Å²) >= 11 is 0. The Morgan fingerprint density at radius 3 is 2.87 bits per heavy atom. The Labute approximate surface area is 88.9 Å². The average Bonchev–Trinajstić information content (AvgIpc) is 2.68. The number of hydrogen-bond acceptors (Lipinski definition) is 3. The molecule has 1 spiro atoms. The van der Waals surface area contributed by atoms with Gasteiger partial charge in [0.25, 0.3) is 0 Å². The number of likely N-dealkylation sites (tertiary alicyclic amines) is 1. The van der Waals surface area contributed by atoms with Gasteiger partial charge in [0.15, 0.2) is 0 Å². The minimum Gasteiger partial charge on any atom is -0.345 e. The van der Waals surface area contributed by atoms with Crippen molar-refractivity contribution in [3.8, 4) is 6.07 Å². The average molecular weight is 206 g/mol.